The van der Waals surface area contributed by atoms with E-state index in [0.29, 0.717) is 0 Å². The Morgan fingerprint density at radius 3 is 1.86 bits per heavy atom. The second-order valence-electron chi connectivity index (χ2n) is 9.73. The molecule has 0 spiro atoms. The number of hydrogen-bond donors (Lipinski definition) is 0. The van der Waals surface area contributed by atoms with Crippen LogP contribution in [0, 0.1) is 34.6 Å². The first-order valence-electron chi connectivity index (χ1n) is 11.8. The lowest BCUT2D eigenvalue weighted by molar-refractivity contribution is -0.676. The Morgan fingerprint density at radius 2 is 1.23 bits per heavy atom. The zero-order valence-electron chi connectivity index (χ0n) is 21.5. The van der Waals surface area contributed by atoms with E-state index in [9.17, 15) is 0 Å². The Morgan fingerprint density at radius 1 is 0.657 bits per heavy atom. The van der Waals surface area contributed by atoms with Crippen molar-refractivity contribution < 1.29 is 4.57 Å². The number of nitrogens with zero attached hydrogens (tertiary/aromatic N) is 4. The summed E-state index contributed by atoms with van der Waals surface area (Å²) in [6.07, 6.45) is 2.21. The number of aryl methyl sites for hydroxylation is 8. The van der Waals surface area contributed by atoms with Gasteiger partial charge in [-0.1, -0.05) is 31.7 Å². The highest BCUT2D eigenvalue weighted by Gasteiger charge is 2.13. The van der Waals surface area contributed by atoms with Crippen molar-refractivity contribution in [1.82, 2.24) is 14.1 Å². The predicted octanol–water partition coefficient (Wildman–Crippen LogP) is 7.06. The van der Waals surface area contributed by atoms with Crippen LogP contribution in [0.1, 0.15) is 35.6 Å². The lowest BCUT2D eigenvalue weighted by Gasteiger charge is -2.02. The van der Waals surface area contributed by atoms with Gasteiger partial charge < -0.3 is 9.13 Å². The second-order valence-corrected chi connectivity index (χ2v) is 9.73. The monoisotopic (exact) mass is 465 g/mol. The Hall–Kier alpha value is -3.66. The molecule has 0 aliphatic carbocycles. The van der Waals surface area contributed by atoms with Crippen LogP contribution in [0.3, 0.4) is 0 Å². The Balaban J connectivity index is 0.000000160. The van der Waals surface area contributed by atoms with Crippen LogP contribution in [0.15, 0.2) is 54.7 Å². The molecule has 0 radical (unpaired) electrons. The smallest absolute Gasteiger partial charge is 0.193 e. The third-order valence-corrected chi connectivity index (χ3v) is 7.10. The van der Waals surface area contributed by atoms with E-state index in [-0.39, 0.29) is 7.43 Å². The fourth-order valence-electron chi connectivity index (χ4n) is 5.22. The number of rotatable bonds is 0. The van der Waals surface area contributed by atoms with Crippen molar-refractivity contribution in [2.75, 3.05) is 0 Å². The predicted molar refractivity (Wildman–Crippen MR) is 150 cm³/mol. The van der Waals surface area contributed by atoms with Gasteiger partial charge in [-0.3, -0.25) is 4.98 Å². The third kappa shape index (κ3) is 3.97. The van der Waals surface area contributed by atoms with Crippen molar-refractivity contribution >= 4 is 43.6 Å². The van der Waals surface area contributed by atoms with Gasteiger partial charge in [-0.25, -0.2) is 4.57 Å². The maximum atomic E-state index is 4.56. The first kappa shape index (κ1) is 24.5. The molecule has 0 fully saturated rings. The number of aromatic nitrogens is 4. The van der Waals surface area contributed by atoms with Crippen LogP contribution >= 0.6 is 0 Å². The quantitative estimate of drug-likeness (QED) is 0.221. The molecule has 2 aromatic carbocycles. The molecule has 0 aliphatic rings. The van der Waals surface area contributed by atoms with Crippen LogP contribution in [-0.4, -0.2) is 14.1 Å². The molecule has 0 bridgehead atoms. The Bertz CT molecular complexity index is 1730. The fraction of sp³-hybridized carbons (Fsp3) is 0.290. The van der Waals surface area contributed by atoms with Gasteiger partial charge in [0.1, 0.15) is 12.6 Å². The minimum atomic E-state index is 0. The fourth-order valence-corrected chi connectivity index (χ4v) is 5.22. The minimum absolute atomic E-state index is 0. The summed E-state index contributed by atoms with van der Waals surface area (Å²) in [5.74, 6) is 0. The van der Waals surface area contributed by atoms with E-state index in [1.807, 2.05) is 0 Å². The van der Waals surface area contributed by atoms with Crippen molar-refractivity contribution in [3.63, 3.8) is 0 Å². The highest BCUT2D eigenvalue weighted by molar-refractivity contribution is 6.09. The van der Waals surface area contributed by atoms with Gasteiger partial charge in [0.25, 0.3) is 0 Å². The van der Waals surface area contributed by atoms with E-state index in [2.05, 4.69) is 129 Å². The summed E-state index contributed by atoms with van der Waals surface area (Å²) in [6.45, 7) is 10.6. The van der Waals surface area contributed by atoms with Crippen LogP contribution in [0.4, 0.5) is 0 Å². The molecular formula is C31H37N4+. The maximum absolute atomic E-state index is 4.56. The number of benzene rings is 2. The Kier molecular flexibility index (Phi) is 6.18. The van der Waals surface area contributed by atoms with E-state index in [0.717, 1.165) is 11.4 Å². The van der Waals surface area contributed by atoms with Crippen molar-refractivity contribution in [2.45, 2.75) is 42.0 Å². The summed E-state index contributed by atoms with van der Waals surface area (Å²) in [6, 6.07) is 17.7. The molecule has 4 heterocycles. The molecule has 0 saturated heterocycles. The Labute approximate surface area is 208 Å². The van der Waals surface area contributed by atoms with E-state index in [4.69, 9.17) is 0 Å². The first-order valence-corrected chi connectivity index (χ1v) is 11.8. The minimum Gasteiger partial charge on any atom is -0.342 e. The molecule has 180 valence electrons. The van der Waals surface area contributed by atoms with Crippen LogP contribution in [0.25, 0.3) is 43.6 Å². The molecule has 4 aromatic heterocycles. The van der Waals surface area contributed by atoms with E-state index in [1.165, 1.54) is 60.4 Å². The van der Waals surface area contributed by atoms with Crippen LogP contribution in [-0.2, 0) is 21.1 Å². The lowest BCUT2D eigenvalue weighted by Crippen LogP contribution is -2.31. The van der Waals surface area contributed by atoms with E-state index in [1.54, 1.807) is 0 Å². The van der Waals surface area contributed by atoms with Gasteiger partial charge in [-0.2, -0.15) is 0 Å². The van der Waals surface area contributed by atoms with Crippen LogP contribution in [0.5, 0.6) is 0 Å². The normalized spacial score (nSPS) is 11.2. The molecule has 0 aliphatic heterocycles. The molecule has 0 unspecified atom stereocenters. The van der Waals surface area contributed by atoms with Gasteiger partial charge in [0.15, 0.2) is 11.9 Å². The van der Waals surface area contributed by atoms with Crippen LogP contribution in [0.2, 0.25) is 0 Å². The van der Waals surface area contributed by atoms with Gasteiger partial charge in [0.2, 0.25) is 0 Å². The van der Waals surface area contributed by atoms with Gasteiger partial charge >= 0.3 is 0 Å². The molecule has 0 N–H and O–H groups in total. The summed E-state index contributed by atoms with van der Waals surface area (Å²) >= 11 is 0. The summed E-state index contributed by atoms with van der Waals surface area (Å²) in [5.41, 5.74) is 11.2. The average molecular weight is 466 g/mol. The van der Waals surface area contributed by atoms with Crippen molar-refractivity contribution in [2.24, 2.45) is 21.1 Å². The van der Waals surface area contributed by atoms with Gasteiger partial charge in [0.05, 0.1) is 11.2 Å². The van der Waals surface area contributed by atoms with Crippen molar-refractivity contribution in [1.29, 1.82) is 0 Å². The molecule has 4 heteroatoms. The van der Waals surface area contributed by atoms with Gasteiger partial charge in [-0.05, 0) is 57.0 Å². The average Bonchev–Trinajstić information content (AvgIpc) is 3.20. The molecule has 6 rings (SSSR count). The summed E-state index contributed by atoms with van der Waals surface area (Å²) in [7, 11) is 6.35. The highest BCUT2D eigenvalue weighted by atomic mass is 15.0. The molecule has 35 heavy (non-hydrogen) atoms. The molecule has 0 atom stereocenters. The lowest BCUT2D eigenvalue weighted by atomic mass is 10.1. The van der Waals surface area contributed by atoms with E-state index < -0.39 is 0 Å². The van der Waals surface area contributed by atoms with Crippen molar-refractivity contribution in [3.05, 3.63) is 82.9 Å². The number of hydrogen-bond acceptors (Lipinski definition) is 1. The molecule has 0 amide bonds. The van der Waals surface area contributed by atoms with Crippen molar-refractivity contribution in [3.8, 4) is 0 Å². The topological polar surface area (TPSA) is 26.6 Å². The number of pyridine rings is 2. The number of fused-ring (bicyclic) bond motifs is 6. The third-order valence-electron chi connectivity index (χ3n) is 7.10. The molecular weight excluding hydrogens is 428 g/mol. The summed E-state index contributed by atoms with van der Waals surface area (Å²) in [4.78, 5) is 4.56. The second kappa shape index (κ2) is 8.84. The summed E-state index contributed by atoms with van der Waals surface area (Å²) < 4.78 is 6.70. The zero-order valence-corrected chi connectivity index (χ0v) is 21.5. The maximum Gasteiger partial charge on any atom is 0.193 e. The van der Waals surface area contributed by atoms with E-state index >= 15 is 0 Å². The largest absolute Gasteiger partial charge is 0.342 e. The molecule has 0 saturated carbocycles. The standard InChI is InChI=1S/C15H17N2.C15H16N2.CH4/c1-10-5-6-12-13-8-11(2)16(3)9-15(13)17(4)14(12)7-10;1-9-5-6-12-13-8-10(2)16-11(3)15(13)17(4)14(12)7-9;/h5-9H,1-4H3;5-8H,1-4H3;1H4/q+1;;. The van der Waals surface area contributed by atoms with Gasteiger partial charge in [-0.15, -0.1) is 0 Å². The molecule has 6 aromatic rings. The van der Waals surface area contributed by atoms with Gasteiger partial charge in [0, 0.05) is 65.4 Å². The SMILES string of the molecule is C.Cc1ccc2c3cc(C)[n+](C)cc3n(C)c2c1.Cc1ccc2c3cc(C)nc(C)c3n(C)c2c1. The highest BCUT2D eigenvalue weighted by Crippen LogP contribution is 2.31. The van der Waals surface area contributed by atoms with Crippen LogP contribution < -0.4 is 4.57 Å². The molecule has 4 nitrogen and oxygen atoms in total. The zero-order chi connectivity index (χ0) is 24.3. The summed E-state index contributed by atoms with van der Waals surface area (Å²) in [5, 5.41) is 5.32. The first-order chi connectivity index (χ1) is 16.2.